The molecule has 1 N–H and O–H groups in total. The molecular formula is C23H22N2O4S2. The van der Waals surface area contributed by atoms with Gasteiger partial charge in [-0.1, -0.05) is 17.7 Å². The van der Waals surface area contributed by atoms with Crippen molar-refractivity contribution < 1.29 is 13.2 Å². The molecule has 0 fully saturated rings. The molecule has 0 aliphatic rings. The molecule has 0 bridgehead atoms. The maximum Gasteiger partial charge on any atom is 0.259 e. The highest BCUT2D eigenvalue weighted by Gasteiger charge is 2.17. The first-order valence-corrected chi connectivity index (χ1v) is 12.3. The summed E-state index contributed by atoms with van der Waals surface area (Å²) in [5.74, 6) is 1.21. The SMILES string of the molecule is CCS(=O)(=O)Nc1ccc(Oc2ccc(C)cc2)c(-c2cn(C)c(=O)c3ccsc23)c1. The van der Waals surface area contributed by atoms with Crippen molar-refractivity contribution in [3.8, 4) is 22.6 Å². The zero-order valence-electron chi connectivity index (χ0n) is 17.4. The maximum absolute atomic E-state index is 12.5. The van der Waals surface area contributed by atoms with Crippen LogP contribution in [0.4, 0.5) is 5.69 Å². The standard InChI is InChI=1S/C23H22N2O4S2/c1-4-31(27,28)24-16-7-10-21(29-17-8-5-15(2)6-9-17)19(13-16)20-14-25(3)23(26)18-11-12-30-22(18)20/h5-14,24H,4H2,1-3H3. The Labute approximate surface area is 184 Å². The number of nitrogens with one attached hydrogen (secondary N) is 1. The first kappa shape index (κ1) is 21.1. The summed E-state index contributed by atoms with van der Waals surface area (Å²) in [7, 11) is -1.74. The third-order valence-electron chi connectivity index (χ3n) is 4.96. The highest BCUT2D eigenvalue weighted by Crippen LogP contribution is 2.40. The largest absolute Gasteiger partial charge is 0.457 e. The average molecular weight is 455 g/mol. The molecule has 8 heteroatoms. The van der Waals surface area contributed by atoms with Gasteiger partial charge in [0.15, 0.2) is 0 Å². The van der Waals surface area contributed by atoms with E-state index in [1.165, 1.54) is 15.9 Å². The van der Waals surface area contributed by atoms with Gasteiger partial charge in [-0.05, 0) is 55.6 Å². The Morgan fingerprint density at radius 1 is 1.06 bits per heavy atom. The van der Waals surface area contributed by atoms with Crippen molar-refractivity contribution >= 4 is 37.1 Å². The molecule has 2 heterocycles. The second kappa shape index (κ2) is 8.20. The minimum absolute atomic E-state index is 0.0288. The van der Waals surface area contributed by atoms with Gasteiger partial charge in [0.1, 0.15) is 11.5 Å². The van der Waals surface area contributed by atoms with Gasteiger partial charge in [-0.2, -0.15) is 0 Å². The zero-order chi connectivity index (χ0) is 22.2. The van der Waals surface area contributed by atoms with Crippen LogP contribution in [0.5, 0.6) is 11.5 Å². The quantitative estimate of drug-likeness (QED) is 0.438. The number of rotatable bonds is 6. The van der Waals surface area contributed by atoms with Crippen LogP contribution in [0.25, 0.3) is 21.2 Å². The molecule has 4 aromatic rings. The minimum atomic E-state index is -3.44. The molecule has 0 atom stereocenters. The topological polar surface area (TPSA) is 77.4 Å². The highest BCUT2D eigenvalue weighted by atomic mass is 32.2. The van der Waals surface area contributed by atoms with Gasteiger partial charge in [-0.25, -0.2) is 8.42 Å². The van der Waals surface area contributed by atoms with Crippen LogP contribution in [0.15, 0.2) is 64.9 Å². The van der Waals surface area contributed by atoms with Gasteiger partial charge >= 0.3 is 0 Å². The van der Waals surface area contributed by atoms with Crippen molar-refractivity contribution in [1.29, 1.82) is 0 Å². The lowest BCUT2D eigenvalue weighted by molar-refractivity contribution is 0.484. The van der Waals surface area contributed by atoms with Crippen LogP contribution in [0.3, 0.4) is 0 Å². The van der Waals surface area contributed by atoms with E-state index in [1.807, 2.05) is 36.6 Å². The van der Waals surface area contributed by atoms with Crippen molar-refractivity contribution in [2.75, 3.05) is 10.5 Å². The Morgan fingerprint density at radius 3 is 2.52 bits per heavy atom. The van der Waals surface area contributed by atoms with Gasteiger partial charge in [0, 0.05) is 34.8 Å². The van der Waals surface area contributed by atoms with Crippen LogP contribution >= 0.6 is 11.3 Å². The summed E-state index contributed by atoms with van der Waals surface area (Å²) in [6.07, 6.45) is 1.76. The van der Waals surface area contributed by atoms with Gasteiger partial charge in [0.05, 0.1) is 11.1 Å². The lowest BCUT2D eigenvalue weighted by Crippen LogP contribution is -2.16. The predicted octanol–water partition coefficient (Wildman–Crippen LogP) is 5.13. The number of anilines is 1. The van der Waals surface area contributed by atoms with Gasteiger partial charge in [-0.15, -0.1) is 11.3 Å². The fraction of sp³-hybridized carbons (Fsp3) is 0.174. The summed E-state index contributed by atoms with van der Waals surface area (Å²) in [5.41, 5.74) is 2.97. The zero-order valence-corrected chi connectivity index (χ0v) is 19.0. The van der Waals surface area contributed by atoms with Crippen LogP contribution in [-0.2, 0) is 17.1 Å². The lowest BCUT2D eigenvalue weighted by atomic mass is 10.0. The van der Waals surface area contributed by atoms with Crippen molar-refractivity contribution in [3.05, 3.63) is 76.0 Å². The highest BCUT2D eigenvalue weighted by molar-refractivity contribution is 7.92. The maximum atomic E-state index is 12.5. The molecule has 31 heavy (non-hydrogen) atoms. The van der Waals surface area contributed by atoms with Gasteiger partial charge in [0.25, 0.3) is 5.56 Å². The molecule has 0 saturated carbocycles. The number of aromatic nitrogens is 1. The number of hydrogen-bond acceptors (Lipinski definition) is 5. The van der Waals surface area contributed by atoms with E-state index in [0.717, 1.165) is 15.8 Å². The Bertz CT molecular complexity index is 1420. The number of hydrogen-bond donors (Lipinski definition) is 1. The van der Waals surface area contributed by atoms with E-state index in [0.29, 0.717) is 28.1 Å². The summed E-state index contributed by atoms with van der Waals surface area (Å²) < 4.78 is 35.3. The van der Waals surface area contributed by atoms with E-state index in [9.17, 15) is 13.2 Å². The third-order valence-corrected chi connectivity index (χ3v) is 7.21. The second-order valence-electron chi connectivity index (χ2n) is 7.25. The molecule has 0 saturated heterocycles. The first-order chi connectivity index (χ1) is 14.8. The van der Waals surface area contributed by atoms with E-state index in [2.05, 4.69) is 4.72 Å². The normalized spacial score (nSPS) is 11.6. The van der Waals surface area contributed by atoms with Crippen LogP contribution in [0.1, 0.15) is 12.5 Å². The minimum Gasteiger partial charge on any atom is -0.457 e. The first-order valence-electron chi connectivity index (χ1n) is 9.73. The number of nitrogens with zero attached hydrogens (tertiary/aromatic N) is 1. The fourth-order valence-corrected chi connectivity index (χ4v) is 4.80. The van der Waals surface area contributed by atoms with E-state index < -0.39 is 10.0 Å². The average Bonchev–Trinajstić information content (AvgIpc) is 3.23. The molecule has 0 aliphatic carbocycles. The smallest absolute Gasteiger partial charge is 0.259 e. The molecule has 6 nitrogen and oxygen atoms in total. The molecule has 160 valence electrons. The summed E-state index contributed by atoms with van der Waals surface area (Å²) >= 11 is 1.46. The summed E-state index contributed by atoms with van der Waals surface area (Å²) in [6, 6.07) is 14.7. The summed E-state index contributed by atoms with van der Waals surface area (Å²) in [4.78, 5) is 12.5. The fourth-order valence-electron chi connectivity index (χ4n) is 3.26. The number of aryl methyl sites for hydroxylation is 2. The Balaban J connectivity index is 1.91. The Morgan fingerprint density at radius 2 is 1.81 bits per heavy atom. The number of fused-ring (bicyclic) bond motifs is 1. The van der Waals surface area contributed by atoms with Crippen LogP contribution < -0.4 is 15.0 Å². The molecular weight excluding hydrogens is 432 g/mol. The van der Waals surface area contributed by atoms with E-state index >= 15 is 0 Å². The summed E-state index contributed by atoms with van der Waals surface area (Å²) in [6.45, 7) is 3.59. The lowest BCUT2D eigenvalue weighted by Gasteiger charge is -2.16. The molecule has 4 rings (SSSR count). The summed E-state index contributed by atoms with van der Waals surface area (Å²) in [5, 5.41) is 2.49. The Hall–Kier alpha value is -3.10. The molecule has 2 aromatic heterocycles. The number of ether oxygens (including phenoxy) is 1. The van der Waals surface area contributed by atoms with Crippen molar-refractivity contribution in [2.45, 2.75) is 13.8 Å². The van der Waals surface area contributed by atoms with Crippen LogP contribution in [0.2, 0.25) is 0 Å². The number of pyridine rings is 1. The molecule has 0 aliphatic heterocycles. The number of benzene rings is 2. The molecule has 0 unspecified atom stereocenters. The molecule has 2 aromatic carbocycles. The Kier molecular flexibility index (Phi) is 5.60. The van der Waals surface area contributed by atoms with Gasteiger partial charge in [0.2, 0.25) is 10.0 Å². The molecule has 0 radical (unpaired) electrons. The van der Waals surface area contributed by atoms with Crippen LogP contribution in [0, 0.1) is 6.92 Å². The predicted molar refractivity (Wildman–Crippen MR) is 127 cm³/mol. The van der Waals surface area contributed by atoms with Crippen molar-refractivity contribution in [2.24, 2.45) is 7.05 Å². The molecule has 0 spiro atoms. The number of sulfonamides is 1. The number of thiophene rings is 1. The monoisotopic (exact) mass is 454 g/mol. The van der Waals surface area contributed by atoms with Crippen molar-refractivity contribution in [1.82, 2.24) is 4.57 Å². The van der Waals surface area contributed by atoms with E-state index in [1.54, 1.807) is 44.4 Å². The van der Waals surface area contributed by atoms with Gasteiger partial charge in [-0.3, -0.25) is 9.52 Å². The molecule has 0 amide bonds. The van der Waals surface area contributed by atoms with E-state index in [4.69, 9.17) is 4.74 Å². The van der Waals surface area contributed by atoms with Crippen LogP contribution in [-0.4, -0.2) is 18.7 Å². The third kappa shape index (κ3) is 4.35. The van der Waals surface area contributed by atoms with Crippen molar-refractivity contribution in [3.63, 3.8) is 0 Å². The van der Waals surface area contributed by atoms with E-state index in [-0.39, 0.29) is 11.3 Å². The van der Waals surface area contributed by atoms with Gasteiger partial charge < -0.3 is 9.30 Å². The second-order valence-corrected chi connectivity index (χ2v) is 10.2.